The van der Waals surface area contributed by atoms with Crippen LogP contribution < -0.4 is 0 Å². The fourth-order valence-electron chi connectivity index (χ4n) is 3.51. The molecule has 1 saturated heterocycles. The van der Waals surface area contributed by atoms with E-state index in [2.05, 4.69) is 30.6 Å². The minimum atomic E-state index is -0.749. The van der Waals surface area contributed by atoms with Crippen LogP contribution in [0.4, 0.5) is 0 Å². The highest BCUT2D eigenvalue weighted by atomic mass is 16.4. The van der Waals surface area contributed by atoms with Gasteiger partial charge in [-0.05, 0) is 24.8 Å². The van der Waals surface area contributed by atoms with Gasteiger partial charge in [0.2, 0.25) is 0 Å². The Morgan fingerprint density at radius 2 is 1.91 bits per heavy atom. The number of benzene rings is 1. The van der Waals surface area contributed by atoms with Gasteiger partial charge >= 0.3 is 5.97 Å². The predicted molar refractivity (Wildman–Crippen MR) is 93.6 cm³/mol. The van der Waals surface area contributed by atoms with E-state index >= 15 is 0 Å². The third-order valence-corrected chi connectivity index (χ3v) is 4.70. The molecule has 2 rings (SSSR count). The summed E-state index contributed by atoms with van der Waals surface area (Å²) in [4.78, 5) is 16.5. The lowest BCUT2D eigenvalue weighted by atomic mass is 10.00. The van der Waals surface area contributed by atoms with E-state index in [9.17, 15) is 9.90 Å². The van der Waals surface area contributed by atoms with Crippen molar-refractivity contribution in [1.29, 1.82) is 0 Å². The summed E-state index contributed by atoms with van der Waals surface area (Å²) in [6.45, 7) is 12.4. The normalized spacial score (nSPS) is 21.5. The highest BCUT2D eigenvalue weighted by molar-refractivity contribution is 5.75. The Kier molecular flexibility index (Phi) is 6.19. The zero-order valence-corrected chi connectivity index (χ0v) is 14.8. The fraction of sp³-hybridized carbons (Fsp3) is 0.632. The van der Waals surface area contributed by atoms with E-state index in [1.54, 1.807) is 0 Å². The maximum absolute atomic E-state index is 11.9. The van der Waals surface area contributed by atoms with Crippen molar-refractivity contribution in [3.05, 3.63) is 35.4 Å². The van der Waals surface area contributed by atoms with E-state index < -0.39 is 12.0 Å². The number of carbonyl (C=O) groups is 1. The first-order chi connectivity index (χ1) is 10.9. The molecule has 0 aromatic heterocycles. The Balaban J connectivity index is 2.15. The summed E-state index contributed by atoms with van der Waals surface area (Å²) >= 11 is 0. The van der Waals surface area contributed by atoms with Crippen LogP contribution in [0.1, 0.15) is 44.4 Å². The van der Waals surface area contributed by atoms with Gasteiger partial charge in [-0.2, -0.15) is 0 Å². The molecule has 0 amide bonds. The number of aliphatic carboxylic acids is 1. The molecule has 4 nitrogen and oxygen atoms in total. The fourth-order valence-corrected chi connectivity index (χ4v) is 3.51. The van der Waals surface area contributed by atoms with Gasteiger partial charge in [0.15, 0.2) is 0 Å². The van der Waals surface area contributed by atoms with Crippen molar-refractivity contribution in [3.8, 4) is 0 Å². The average Bonchev–Trinajstić information content (AvgIpc) is 2.50. The Bertz CT molecular complexity index is 513. The molecule has 2 atom stereocenters. The minimum Gasteiger partial charge on any atom is -0.480 e. The van der Waals surface area contributed by atoms with Gasteiger partial charge < -0.3 is 5.11 Å². The summed E-state index contributed by atoms with van der Waals surface area (Å²) in [5.41, 5.74) is 2.04. The molecule has 0 radical (unpaired) electrons. The van der Waals surface area contributed by atoms with Crippen LogP contribution in [-0.4, -0.2) is 53.1 Å². The number of rotatable bonds is 6. The monoisotopic (exact) mass is 318 g/mol. The smallest absolute Gasteiger partial charge is 0.325 e. The topological polar surface area (TPSA) is 43.8 Å². The molecule has 4 heteroatoms. The second-order valence-electron chi connectivity index (χ2n) is 7.10. The number of piperazine rings is 1. The summed E-state index contributed by atoms with van der Waals surface area (Å²) in [5.74, 6) is -0.107. The van der Waals surface area contributed by atoms with Gasteiger partial charge in [-0.3, -0.25) is 14.6 Å². The molecule has 0 spiro atoms. The molecule has 0 bridgehead atoms. The maximum atomic E-state index is 11.9. The van der Waals surface area contributed by atoms with Crippen molar-refractivity contribution in [3.63, 3.8) is 0 Å². The number of carboxylic acids is 1. The Hall–Kier alpha value is -1.39. The quantitative estimate of drug-likeness (QED) is 0.875. The van der Waals surface area contributed by atoms with Gasteiger partial charge in [0.1, 0.15) is 6.04 Å². The molecule has 2 unspecified atom stereocenters. The van der Waals surface area contributed by atoms with Crippen LogP contribution in [0.3, 0.4) is 0 Å². The minimum absolute atomic E-state index is 0.443. The molecule has 1 aromatic rings. The van der Waals surface area contributed by atoms with E-state index in [0.29, 0.717) is 12.0 Å². The van der Waals surface area contributed by atoms with Crippen molar-refractivity contribution in [2.24, 2.45) is 5.92 Å². The molecule has 0 saturated carbocycles. The maximum Gasteiger partial charge on any atom is 0.325 e. The van der Waals surface area contributed by atoms with Crippen LogP contribution in [-0.2, 0) is 4.79 Å². The van der Waals surface area contributed by atoms with Crippen molar-refractivity contribution in [2.75, 3.05) is 26.2 Å². The molecule has 1 aliphatic rings. The van der Waals surface area contributed by atoms with Crippen molar-refractivity contribution in [2.45, 2.75) is 46.2 Å². The van der Waals surface area contributed by atoms with Gasteiger partial charge in [0.05, 0.1) is 0 Å². The van der Waals surface area contributed by atoms with E-state index in [0.717, 1.165) is 43.7 Å². The number of hydrogen-bond donors (Lipinski definition) is 1. The van der Waals surface area contributed by atoms with Crippen molar-refractivity contribution < 1.29 is 9.90 Å². The Morgan fingerprint density at radius 3 is 2.43 bits per heavy atom. The van der Waals surface area contributed by atoms with Crippen molar-refractivity contribution in [1.82, 2.24) is 9.80 Å². The zero-order chi connectivity index (χ0) is 17.0. The van der Waals surface area contributed by atoms with Gasteiger partial charge in [-0.15, -0.1) is 0 Å². The molecular weight excluding hydrogens is 288 g/mol. The second-order valence-corrected chi connectivity index (χ2v) is 7.10. The number of nitrogens with zero attached hydrogens (tertiary/aromatic N) is 2. The molecule has 0 aliphatic carbocycles. The molecule has 1 aromatic carbocycles. The first kappa shape index (κ1) is 18.0. The molecular formula is C19H30N2O2. The molecule has 128 valence electrons. The van der Waals surface area contributed by atoms with Gasteiger partial charge in [-0.25, -0.2) is 0 Å². The van der Waals surface area contributed by atoms with Crippen LogP contribution in [0.2, 0.25) is 0 Å². The van der Waals surface area contributed by atoms with Crippen molar-refractivity contribution >= 4 is 5.97 Å². The van der Waals surface area contributed by atoms with E-state index in [-0.39, 0.29) is 0 Å². The predicted octanol–water partition coefficient (Wildman–Crippen LogP) is 3.17. The first-order valence-corrected chi connectivity index (χ1v) is 8.69. The number of hydrogen-bond acceptors (Lipinski definition) is 3. The first-order valence-electron chi connectivity index (χ1n) is 8.69. The summed E-state index contributed by atoms with van der Waals surface area (Å²) in [6.07, 6.45) is 1.06. The lowest BCUT2D eigenvalue weighted by molar-refractivity contribution is -0.145. The van der Waals surface area contributed by atoms with Gasteiger partial charge in [-0.1, -0.05) is 50.6 Å². The van der Waals surface area contributed by atoms with E-state index in [1.807, 2.05) is 31.2 Å². The Labute approximate surface area is 140 Å². The van der Waals surface area contributed by atoms with E-state index in [1.165, 1.54) is 0 Å². The number of carboxylic acid groups (broad SMARTS) is 1. The zero-order valence-electron chi connectivity index (χ0n) is 14.8. The Morgan fingerprint density at radius 1 is 1.26 bits per heavy atom. The van der Waals surface area contributed by atoms with Crippen LogP contribution in [0.15, 0.2) is 24.3 Å². The molecule has 1 N–H and O–H groups in total. The summed E-state index contributed by atoms with van der Waals surface area (Å²) in [7, 11) is 0. The summed E-state index contributed by atoms with van der Waals surface area (Å²) in [6, 6.07) is 7.81. The van der Waals surface area contributed by atoms with Crippen LogP contribution in [0.5, 0.6) is 0 Å². The molecule has 23 heavy (non-hydrogen) atoms. The van der Waals surface area contributed by atoms with E-state index in [4.69, 9.17) is 0 Å². The SMILES string of the molecule is CCC1CN(C(C(=O)O)c2ccc(C)cc2)CCN1CC(C)C. The largest absolute Gasteiger partial charge is 0.480 e. The second kappa shape index (κ2) is 7.93. The van der Waals surface area contributed by atoms with Gasteiger partial charge in [0, 0.05) is 32.2 Å². The van der Waals surface area contributed by atoms with Gasteiger partial charge in [0.25, 0.3) is 0 Å². The lowest BCUT2D eigenvalue weighted by Gasteiger charge is -2.44. The standard InChI is InChI=1S/C19H30N2O2/c1-5-17-13-21(11-10-20(17)12-14(2)3)18(19(22)23)16-8-6-15(4)7-9-16/h6-9,14,17-18H,5,10-13H2,1-4H3,(H,22,23). The molecule has 1 fully saturated rings. The van der Waals surface area contributed by atoms with Crippen LogP contribution in [0.25, 0.3) is 0 Å². The third kappa shape index (κ3) is 4.55. The lowest BCUT2D eigenvalue weighted by Crippen LogP contribution is -2.55. The summed E-state index contributed by atoms with van der Waals surface area (Å²) < 4.78 is 0. The summed E-state index contributed by atoms with van der Waals surface area (Å²) in [5, 5.41) is 9.76. The molecule has 1 aliphatic heterocycles. The molecule has 1 heterocycles. The average molecular weight is 318 g/mol. The number of aryl methyl sites for hydroxylation is 1. The highest BCUT2D eigenvalue weighted by Gasteiger charge is 2.34. The van der Waals surface area contributed by atoms with Crippen LogP contribution >= 0.6 is 0 Å². The van der Waals surface area contributed by atoms with Crippen LogP contribution in [0, 0.1) is 12.8 Å². The highest BCUT2D eigenvalue weighted by Crippen LogP contribution is 2.26. The third-order valence-electron chi connectivity index (χ3n) is 4.70.